The van der Waals surface area contributed by atoms with Crippen LogP contribution in [0.15, 0.2) is 54.9 Å². The van der Waals surface area contributed by atoms with E-state index in [0.717, 1.165) is 11.1 Å². The van der Waals surface area contributed by atoms with Gasteiger partial charge >= 0.3 is 0 Å². The van der Waals surface area contributed by atoms with Crippen LogP contribution in [0.2, 0.25) is 0 Å². The van der Waals surface area contributed by atoms with Gasteiger partial charge in [0.25, 0.3) is 0 Å². The Morgan fingerprint density at radius 1 is 1.00 bits per heavy atom. The van der Waals surface area contributed by atoms with Gasteiger partial charge in [-0.3, -0.25) is 14.6 Å². The fourth-order valence-electron chi connectivity index (χ4n) is 3.71. The number of pyridine rings is 1. The normalized spacial score (nSPS) is 14.9. The molecule has 0 aliphatic carbocycles. The molecule has 2 amide bonds. The van der Waals surface area contributed by atoms with Crippen molar-refractivity contribution in [3.05, 3.63) is 66.0 Å². The predicted molar refractivity (Wildman–Crippen MR) is 136 cm³/mol. The first-order valence-electron chi connectivity index (χ1n) is 12.2. The van der Waals surface area contributed by atoms with Gasteiger partial charge in [0.15, 0.2) is 0 Å². The lowest BCUT2D eigenvalue weighted by Crippen LogP contribution is -2.52. The maximum absolute atomic E-state index is 13.2. The van der Waals surface area contributed by atoms with E-state index in [1.807, 2.05) is 64.1 Å². The number of nitrogens with two attached hydrogens (primary N) is 1. The van der Waals surface area contributed by atoms with Crippen LogP contribution in [0.5, 0.6) is 0 Å². The van der Waals surface area contributed by atoms with Gasteiger partial charge in [-0.1, -0.05) is 64.1 Å². The smallest absolute Gasteiger partial charge is 0.243 e. The highest BCUT2D eigenvalue weighted by molar-refractivity contribution is 5.88. The van der Waals surface area contributed by atoms with E-state index in [1.165, 1.54) is 0 Å². The van der Waals surface area contributed by atoms with Crippen molar-refractivity contribution in [2.75, 3.05) is 6.61 Å². The molecule has 8 nitrogen and oxygen atoms in total. The SMILES string of the molecule is CC(C)[C@H](C[C@H](O)C(N)COCc1ccccc1)C(=O)N[C@H](C(=O)NCc1cccnc1)C(C)C. The maximum atomic E-state index is 13.2. The number of ether oxygens (including phenoxy) is 1. The molecule has 5 N–H and O–H groups in total. The van der Waals surface area contributed by atoms with Crippen LogP contribution in [-0.4, -0.2) is 46.7 Å². The fraction of sp³-hybridized carbons (Fsp3) is 0.519. The van der Waals surface area contributed by atoms with E-state index in [-0.39, 0.29) is 36.7 Å². The Bertz CT molecular complexity index is 893. The number of carbonyl (C=O) groups excluding carboxylic acids is 2. The quantitative estimate of drug-likeness (QED) is 0.326. The molecule has 8 heteroatoms. The Labute approximate surface area is 208 Å². The summed E-state index contributed by atoms with van der Waals surface area (Å²) in [5.74, 6) is -1.19. The molecule has 0 aliphatic heterocycles. The van der Waals surface area contributed by atoms with Crippen LogP contribution in [0.25, 0.3) is 0 Å². The van der Waals surface area contributed by atoms with E-state index in [9.17, 15) is 14.7 Å². The molecule has 1 unspecified atom stereocenters. The summed E-state index contributed by atoms with van der Waals surface area (Å²) in [6.45, 7) is 8.51. The summed E-state index contributed by atoms with van der Waals surface area (Å²) in [5.41, 5.74) is 8.05. The molecule has 0 saturated carbocycles. The van der Waals surface area contributed by atoms with Crippen LogP contribution in [0.1, 0.15) is 45.2 Å². The van der Waals surface area contributed by atoms with Crippen LogP contribution in [0, 0.1) is 17.8 Å². The first-order valence-corrected chi connectivity index (χ1v) is 12.2. The zero-order valence-electron chi connectivity index (χ0n) is 21.2. The summed E-state index contributed by atoms with van der Waals surface area (Å²) in [4.78, 5) is 30.0. The molecule has 0 bridgehead atoms. The summed E-state index contributed by atoms with van der Waals surface area (Å²) < 4.78 is 5.65. The number of aliphatic hydroxyl groups excluding tert-OH is 1. The minimum atomic E-state index is -0.916. The Balaban J connectivity index is 1.90. The van der Waals surface area contributed by atoms with Gasteiger partial charge in [0.05, 0.1) is 25.4 Å². The highest BCUT2D eigenvalue weighted by atomic mass is 16.5. The number of nitrogens with one attached hydrogen (secondary N) is 2. The fourth-order valence-corrected chi connectivity index (χ4v) is 3.71. The number of hydrogen-bond acceptors (Lipinski definition) is 6. The summed E-state index contributed by atoms with van der Waals surface area (Å²) in [6.07, 6.45) is 2.62. The number of aromatic nitrogens is 1. The van der Waals surface area contributed by atoms with Crippen LogP contribution >= 0.6 is 0 Å². The van der Waals surface area contributed by atoms with Crippen LogP contribution in [0.3, 0.4) is 0 Å². The lowest BCUT2D eigenvalue weighted by atomic mass is 9.87. The monoisotopic (exact) mass is 484 g/mol. The number of nitrogens with zero attached hydrogens (tertiary/aromatic N) is 1. The molecule has 1 aromatic heterocycles. The van der Waals surface area contributed by atoms with Crippen molar-refractivity contribution >= 4 is 11.8 Å². The molecule has 0 spiro atoms. The van der Waals surface area contributed by atoms with Gasteiger partial charge in [0, 0.05) is 24.9 Å². The third-order valence-corrected chi connectivity index (χ3v) is 5.99. The summed E-state index contributed by atoms with van der Waals surface area (Å²) in [7, 11) is 0. The van der Waals surface area contributed by atoms with Crippen molar-refractivity contribution in [3.63, 3.8) is 0 Å². The standard InChI is InChI=1S/C27H40N4O4/c1-18(2)22(13-24(32)23(28)17-35-16-20-9-6-5-7-10-20)26(33)31-25(19(3)4)27(34)30-15-21-11-8-12-29-14-21/h5-12,14,18-19,22-25,32H,13,15-17,28H2,1-4H3,(H,30,34)(H,31,33)/t22-,23?,24-,25-/m0/s1. The zero-order valence-corrected chi connectivity index (χ0v) is 21.2. The molecule has 0 aliphatic rings. The van der Waals surface area contributed by atoms with Crippen molar-refractivity contribution in [2.45, 2.75) is 65.5 Å². The second-order valence-electron chi connectivity index (χ2n) is 9.63. The van der Waals surface area contributed by atoms with Crippen molar-refractivity contribution in [3.8, 4) is 0 Å². The molecule has 1 aromatic carbocycles. The van der Waals surface area contributed by atoms with Gasteiger partial charge in [0.2, 0.25) is 11.8 Å². The van der Waals surface area contributed by atoms with Gasteiger partial charge < -0.3 is 26.2 Å². The molecule has 2 rings (SSSR count). The van der Waals surface area contributed by atoms with Crippen LogP contribution in [0.4, 0.5) is 0 Å². The lowest BCUT2D eigenvalue weighted by molar-refractivity contribution is -0.134. The summed E-state index contributed by atoms with van der Waals surface area (Å²) >= 11 is 0. The molecule has 35 heavy (non-hydrogen) atoms. The van der Waals surface area contributed by atoms with Crippen molar-refractivity contribution in [2.24, 2.45) is 23.5 Å². The Morgan fingerprint density at radius 3 is 2.29 bits per heavy atom. The van der Waals surface area contributed by atoms with Crippen LogP contribution in [-0.2, 0) is 27.5 Å². The lowest BCUT2D eigenvalue weighted by Gasteiger charge is -2.29. The van der Waals surface area contributed by atoms with E-state index in [2.05, 4.69) is 15.6 Å². The average molecular weight is 485 g/mol. The Hall–Kier alpha value is -2.81. The van der Waals surface area contributed by atoms with E-state index in [1.54, 1.807) is 18.5 Å². The van der Waals surface area contributed by atoms with Crippen LogP contribution < -0.4 is 16.4 Å². The molecular weight excluding hydrogens is 444 g/mol. The predicted octanol–water partition coefficient (Wildman–Crippen LogP) is 2.41. The Morgan fingerprint density at radius 2 is 1.69 bits per heavy atom. The molecular formula is C27H40N4O4. The molecule has 0 fully saturated rings. The number of aliphatic hydroxyl groups is 1. The van der Waals surface area contributed by atoms with E-state index >= 15 is 0 Å². The van der Waals surface area contributed by atoms with Crippen molar-refractivity contribution < 1.29 is 19.4 Å². The minimum Gasteiger partial charge on any atom is -0.391 e. The molecule has 0 radical (unpaired) electrons. The topological polar surface area (TPSA) is 127 Å². The van der Waals surface area contributed by atoms with Gasteiger partial charge in [-0.2, -0.15) is 0 Å². The maximum Gasteiger partial charge on any atom is 0.243 e. The second kappa shape index (κ2) is 14.6. The number of hydrogen-bond donors (Lipinski definition) is 4. The van der Waals surface area contributed by atoms with E-state index < -0.39 is 24.1 Å². The number of carbonyl (C=O) groups is 2. The Kier molecular flexibility index (Phi) is 11.8. The highest BCUT2D eigenvalue weighted by Gasteiger charge is 2.32. The van der Waals surface area contributed by atoms with E-state index in [0.29, 0.717) is 13.2 Å². The van der Waals surface area contributed by atoms with E-state index in [4.69, 9.17) is 10.5 Å². The highest BCUT2D eigenvalue weighted by Crippen LogP contribution is 2.20. The third kappa shape index (κ3) is 9.76. The molecule has 4 atom stereocenters. The first kappa shape index (κ1) is 28.4. The largest absolute Gasteiger partial charge is 0.391 e. The third-order valence-electron chi connectivity index (χ3n) is 5.99. The zero-order chi connectivity index (χ0) is 25.8. The van der Waals surface area contributed by atoms with Gasteiger partial charge in [-0.15, -0.1) is 0 Å². The molecule has 192 valence electrons. The summed E-state index contributed by atoms with van der Waals surface area (Å²) in [6, 6.07) is 12.1. The molecule has 0 saturated heterocycles. The van der Waals surface area contributed by atoms with Crippen molar-refractivity contribution in [1.82, 2.24) is 15.6 Å². The molecule has 1 heterocycles. The first-order chi connectivity index (χ1) is 16.7. The second-order valence-corrected chi connectivity index (χ2v) is 9.63. The molecule has 2 aromatic rings. The average Bonchev–Trinajstić information content (AvgIpc) is 2.84. The van der Waals surface area contributed by atoms with Gasteiger partial charge in [-0.05, 0) is 35.4 Å². The van der Waals surface area contributed by atoms with Gasteiger partial charge in [-0.25, -0.2) is 0 Å². The summed E-state index contributed by atoms with van der Waals surface area (Å²) in [5, 5.41) is 16.4. The van der Waals surface area contributed by atoms with Gasteiger partial charge in [0.1, 0.15) is 6.04 Å². The van der Waals surface area contributed by atoms with Crippen molar-refractivity contribution in [1.29, 1.82) is 0 Å². The number of rotatable bonds is 14. The number of benzene rings is 1. The number of amides is 2. The minimum absolute atomic E-state index is 0.0478.